The van der Waals surface area contributed by atoms with Crippen molar-refractivity contribution in [3.63, 3.8) is 0 Å². The van der Waals surface area contributed by atoms with Gasteiger partial charge in [-0.1, -0.05) is 13.8 Å². The van der Waals surface area contributed by atoms with Gasteiger partial charge in [-0.25, -0.2) is 0 Å². The van der Waals surface area contributed by atoms with Crippen molar-refractivity contribution in [2.24, 2.45) is 0 Å². The van der Waals surface area contributed by atoms with Gasteiger partial charge in [-0.05, 0) is 12.8 Å². The maximum Gasteiger partial charge on any atom is 0.0193 e. The van der Waals surface area contributed by atoms with Crippen molar-refractivity contribution in [2.45, 2.75) is 26.8 Å². The summed E-state index contributed by atoms with van der Waals surface area (Å²) in [4.78, 5) is 2.53. The minimum Gasteiger partial charge on any atom is -0.314 e. The monoisotopic (exact) mass is 155 g/mol. The Kier molecular flexibility index (Phi) is 3.34. The largest absolute Gasteiger partial charge is 0.314 e. The lowest BCUT2D eigenvalue weighted by atomic mass is 10.1. The molecule has 2 nitrogen and oxygen atoms in total. The molecule has 65 valence electrons. The molecule has 1 heterocycles. The van der Waals surface area contributed by atoms with E-state index in [-0.39, 0.29) is 0 Å². The summed E-state index contributed by atoms with van der Waals surface area (Å²) in [5.41, 5.74) is 0. The van der Waals surface area contributed by atoms with E-state index in [1.54, 1.807) is 0 Å². The Hall–Kier alpha value is -0.0800. The average Bonchev–Trinajstić information content (AvgIpc) is 1.93. The van der Waals surface area contributed by atoms with Gasteiger partial charge in [0.1, 0.15) is 0 Å². The highest BCUT2D eigenvalue weighted by atomic mass is 15.2. The molecule has 11 heavy (non-hydrogen) atoms. The fraction of sp³-hybridized carbons (Fsp3) is 0.889. The minimum absolute atomic E-state index is 0.707. The summed E-state index contributed by atoms with van der Waals surface area (Å²) in [5, 5.41) is 3.39. The van der Waals surface area contributed by atoms with E-state index >= 15 is 0 Å². The molecule has 1 rings (SSSR count). The molecule has 1 radical (unpaired) electrons. The first kappa shape index (κ1) is 9.01. The number of piperazine rings is 1. The maximum atomic E-state index is 3.39. The lowest BCUT2D eigenvalue weighted by Gasteiger charge is -2.34. The Balaban J connectivity index is 2.29. The van der Waals surface area contributed by atoms with Crippen LogP contribution >= 0.6 is 0 Å². The first-order valence-electron chi connectivity index (χ1n) is 4.44. The Morgan fingerprint density at radius 3 is 2.82 bits per heavy atom. The molecule has 0 bridgehead atoms. The first-order valence-corrected chi connectivity index (χ1v) is 4.44. The molecular formula is C9H19N2. The number of nitrogens with one attached hydrogen (secondary N) is 1. The van der Waals surface area contributed by atoms with Crippen LogP contribution in [-0.2, 0) is 0 Å². The summed E-state index contributed by atoms with van der Waals surface area (Å²) >= 11 is 0. The molecule has 1 aliphatic heterocycles. The fourth-order valence-electron chi connectivity index (χ4n) is 1.52. The predicted octanol–water partition coefficient (Wildman–Crippen LogP) is 0.894. The van der Waals surface area contributed by atoms with Crippen molar-refractivity contribution in [3.05, 3.63) is 5.92 Å². The summed E-state index contributed by atoms with van der Waals surface area (Å²) in [5.74, 6) is 1.51. The highest BCUT2D eigenvalue weighted by Crippen LogP contribution is 2.06. The average molecular weight is 155 g/mol. The second-order valence-electron chi connectivity index (χ2n) is 3.73. The van der Waals surface area contributed by atoms with Gasteiger partial charge in [0.15, 0.2) is 0 Å². The van der Waals surface area contributed by atoms with Gasteiger partial charge in [0.2, 0.25) is 0 Å². The van der Waals surface area contributed by atoms with E-state index < -0.39 is 0 Å². The van der Waals surface area contributed by atoms with Crippen LogP contribution in [-0.4, -0.2) is 37.1 Å². The number of hydrogen-bond donors (Lipinski definition) is 1. The normalized spacial score (nSPS) is 27.8. The quantitative estimate of drug-likeness (QED) is 0.637. The predicted molar refractivity (Wildman–Crippen MR) is 48.5 cm³/mol. The van der Waals surface area contributed by atoms with Crippen LogP contribution in [0.5, 0.6) is 0 Å². The van der Waals surface area contributed by atoms with Gasteiger partial charge in [-0.15, -0.1) is 0 Å². The molecule has 0 amide bonds. The summed E-state index contributed by atoms with van der Waals surface area (Å²) in [6.07, 6.45) is 0. The standard InChI is InChI=1S/C9H19N2/c1-8(2)7-11-5-4-10-6-9(11)3/h9-10H,4-7H2,1-3H3. The zero-order valence-electron chi connectivity index (χ0n) is 7.85. The second-order valence-corrected chi connectivity index (χ2v) is 3.73. The summed E-state index contributed by atoms with van der Waals surface area (Å²) < 4.78 is 0. The molecule has 1 aliphatic rings. The van der Waals surface area contributed by atoms with Gasteiger partial charge >= 0.3 is 0 Å². The van der Waals surface area contributed by atoms with Gasteiger partial charge in [-0.2, -0.15) is 0 Å². The van der Waals surface area contributed by atoms with Crippen LogP contribution in [0.2, 0.25) is 0 Å². The molecule has 0 spiro atoms. The number of rotatable bonds is 2. The highest BCUT2D eigenvalue weighted by Gasteiger charge is 2.17. The van der Waals surface area contributed by atoms with E-state index in [4.69, 9.17) is 0 Å². The van der Waals surface area contributed by atoms with Crippen LogP contribution in [0.15, 0.2) is 0 Å². The van der Waals surface area contributed by atoms with Crippen LogP contribution < -0.4 is 5.32 Å². The van der Waals surface area contributed by atoms with Crippen LogP contribution in [0.1, 0.15) is 20.8 Å². The van der Waals surface area contributed by atoms with Crippen LogP contribution in [0.25, 0.3) is 0 Å². The van der Waals surface area contributed by atoms with Gasteiger partial charge in [0.05, 0.1) is 0 Å². The van der Waals surface area contributed by atoms with Crippen molar-refractivity contribution >= 4 is 0 Å². The van der Waals surface area contributed by atoms with Gasteiger partial charge < -0.3 is 5.32 Å². The van der Waals surface area contributed by atoms with E-state index in [0.717, 1.165) is 13.1 Å². The molecule has 1 N–H and O–H groups in total. The Morgan fingerprint density at radius 2 is 2.27 bits per heavy atom. The van der Waals surface area contributed by atoms with E-state index in [1.165, 1.54) is 19.0 Å². The molecule has 1 atom stereocenters. The molecule has 1 unspecified atom stereocenters. The zero-order chi connectivity index (χ0) is 8.27. The third-order valence-corrected chi connectivity index (χ3v) is 2.16. The molecule has 0 saturated carbocycles. The topological polar surface area (TPSA) is 15.3 Å². The molecule has 0 aromatic carbocycles. The third-order valence-electron chi connectivity index (χ3n) is 2.16. The van der Waals surface area contributed by atoms with Crippen molar-refractivity contribution < 1.29 is 0 Å². The van der Waals surface area contributed by atoms with E-state index in [2.05, 4.69) is 31.0 Å². The van der Waals surface area contributed by atoms with Crippen molar-refractivity contribution in [1.29, 1.82) is 0 Å². The van der Waals surface area contributed by atoms with Crippen molar-refractivity contribution in [3.8, 4) is 0 Å². The maximum absolute atomic E-state index is 3.39. The molecule has 0 aliphatic carbocycles. The van der Waals surface area contributed by atoms with E-state index in [0.29, 0.717) is 6.04 Å². The fourth-order valence-corrected chi connectivity index (χ4v) is 1.52. The van der Waals surface area contributed by atoms with Crippen LogP contribution in [0.3, 0.4) is 0 Å². The van der Waals surface area contributed by atoms with Gasteiger partial charge in [-0.3, -0.25) is 4.90 Å². The lowest BCUT2D eigenvalue weighted by molar-refractivity contribution is 0.181. The first-order chi connectivity index (χ1) is 5.20. The molecular weight excluding hydrogens is 136 g/mol. The van der Waals surface area contributed by atoms with Crippen LogP contribution in [0.4, 0.5) is 0 Å². The molecule has 1 saturated heterocycles. The Morgan fingerprint density at radius 1 is 1.55 bits per heavy atom. The summed E-state index contributed by atoms with van der Waals surface area (Å²) in [6, 6.07) is 0.707. The number of nitrogens with zero attached hydrogens (tertiary/aromatic N) is 1. The molecule has 0 aromatic rings. The molecule has 2 heteroatoms. The smallest absolute Gasteiger partial charge is 0.0193 e. The van der Waals surface area contributed by atoms with Gasteiger partial charge in [0, 0.05) is 32.2 Å². The van der Waals surface area contributed by atoms with Crippen molar-refractivity contribution in [2.75, 3.05) is 26.2 Å². The van der Waals surface area contributed by atoms with Crippen molar-refractivity contribution in [1.82, 2.24) is 10.2 Å². The lowest BCUT2D eigenvalue weighted by Crippen LogP contribution is -2.50. The SMILES string of the molecule is C[C](C)CN1CCNCC1C. The highest BCUT2D eigenvalue weighted by molar-refractivity contribution is 4.86. The Labute approximate surface area is 70.0 Å². The second kappa shape index (κ2) is 4.07. The summed E-state index contributed by atoms with van der Waals surface area (Å²) in [6.45, 7) is 11.4. The summed E-state index contributed by atoms with van der Waals surface area (Å²) in [7, 11) is 0. The van der Waals surface area contributed by atoms with Crippen LogP contribution in [0, 0.1) is 5.92 Å². The molecule has 1 fully saturated rings. The van der Waals surface area contributed by atoms with E-state index in [9.17, 15) is 0 Å². The Bertz CT molecular complexity index is 112. The van der Waals surface area contributed by atoms with E-state index in [1.807, 2.05) is 0 Å². The van der Waals surface area contributed by atoms with Gasteiger partial charge in [0.25, 0.3) is 0 Å². The molecule has 0 aromatic heterocycles. The third kappa shape index (κ3) is 2.80. The minimum atomic E-state index is 0.707. The number of hydrogen-bond acceptors (Lipinski definition) is 2. The zero-order valence-corrected chi connectivity index (χ0v) is 7.85.